The number of halogens is 1. The van der Waals surface area contributed by atoms with Gasteiger partial charge in [0.1, 0.15) is 0 Å². The lowest BCUT2D eigenvalue weighted by Crippen LogP contribution is -2.37. The molecule has 1 aromatic heterocycles. The number of carbonyl (C=O) groups is 1. The molecule has 1 aliphatic rings. The lowest BCUT2D eigenvalue weighted by Gasteiger charge is -2.29. The SMILES string of the molecule is CCCN(Cc1cccn1Cc1ccccc1Cl)C(=O)C1CCCCC1. The summed E-state index contributed by atoms with van der Waals surface area (Å²) in [5.41, 5.74) is 2.27. The maximum atomic E-state index is 13.0. The Hall–Kier alpha value is -1.74. The van der Waals surface area contributed by atoms with Crippen molar-refractivity contribution in [3.8, 4) is 0 Å². The fourth-order valence-corrected chi connectivity index (χ4v) is 4.09. The van der Waals surface area contributed by atoms with Crippen molar-refractivity contribution in [3.05, 3.63) is 58.9 Å². The van der Waals surface area contributed by atoms with Crippen LogP contribution in [0.1, 0.15) is 56.7 Å². The zero-order chi connectivity index (χ0) is 18.4. The number of aromatic nitrogens is 1. The van der Waals surface area contributed by atoms with Crippen LogP contribution >= 0.6 is 11.6 Å². The van der Waals surface area contributed by atoms with E-state index in [9.17, 15) is 4.79 Å². The van der Waals surface area contributed by atoms with Gasteiger partial charge in [-0.1, -0.05) is 56.0 Å². The first kappa shape index (κ1) is 19.0. The average Bonchev–Trinajstić information content (AvgIpc) is 3.10. The van der Waals surface area contributed by atoms with Gasteiger partial charge >= 0.3 is 0 Å². The summed E-state index contributed by atoms with van der Waals surface area (Å²) in [5, 5.41) is 0.788. The third kappa shape index (κ3) is 4.70. The lowest BCUT2D eigenvalue weighted by molar-refractivity contribution is -0.137. The molecule has 0 N–H and O–H groups in total. The van der Waals surface area contributed by atoms with Gasteiger partial charge in [-0.25, -0.2) is 0 Å². The van der Waals surface area contributed by atoms with E-state index in [1.165, 1.54) is 25.0 Å². The number of carbonyl (C=O) groups excluding carboxylic acids is 1. The largest absolute Gasteiger partial charge is 0.345 e. The number of nitrogens with zero attached hydrogens (tertiary/aromatic N) is 2. The van der Waals surface area contributed by atoms with Crippen LogP contribution in [0.2, 0.25) is 5.02 Å². The highest BCUT2D eigenvalue weighted by atomic mass is 35.5. The van der Waals surface area contributed by atoms with Crippen LogP contribution in [0.3, 0.4) is 0 Å². The predicted octanol–water partition coefficient (Wildman–Crippen LogP) is 5.51. The normalized spacial score (nSPS) is 15.2. The predicted molar refractivity (Wildman–Crippen MR) is 107 cm³/mol. The molecule has 0 spiro atoms. The molecule has 0 aliphatic heterocycles. The molecule has 0 atom stereocenters. The fraction of sp³-hybridized carbons (Fsp3) is 0.500. The van der Waals surface area contributed by atoms with Crippen LogP contribution in [-0.4, -0.2) is 21.9 Å². The van der Waals surface area contributed by atoms with Gasteiger partial charge in [-0.2, -0.15) is 0 Å². The van der Waals surface area contributed by atoms with Crippen molar-refractivity contribution < 1.29 is 4.79 Å². The van der Waals surface area contributed by atoms with Gasteiger partial charge in [0.2, 0.25) is 5.91 Å². The Bertz CT molecular complexity index is 718. The van der Waals surface area contributed by atoms with Crippen LogP contribution in [0.15, 0.2) is 42.6 Å². The van der Waals surface area contributed by atoms with E-state index in [0.29, 0.717) is 12.5 Å². The molecule has 0 bridgehead atoms. The van der Waals surface area contributed by atoms with Crippen molar-refractivity contribution in [3.63, 3.8) is 0 Å². The Morgan fingerprint density at radius 1 is 1.15 bits per heavy atom. The quantitative estimate of drug-likeness (QED) is 0.629. The Kier molecular flexibility index (Phi) is 6.79. The van der Waals surface area contributed by atoms with Crippen LogP contribution in [0.25, 0.3) is 0 Å². The zero-order valence-corrected chi connectivity index (χ0v) is 16.4. The molecular formula is C22H29ClN2O. The van der Waals surface area contributed by atoms with Crippen molar-refractivity contribution in [2.24, 2.45) is 5.92 Å². The van der Waals surface area contributed by atoms with E-state index in [1.807, 2.05) is 18.2 Å². The third-order valence-electron chi connectivity index (χ3n) is 5.33. The second-order valence-electron chi connectivity index (χ2n) is 7.31. The van der Waals surface area contributed by atoms with E-state index in [-0.39, 0.29) is 5.92 Å². The summed E-state index contributed by atoms with van der Waals surface area (Å²) < 4.78 is 2.21. The highest BCUT2D eigenvalue weighted by Gasteiger charge is 2.26. The van der Waals surface area contributed by atoms with E-state index in [4.69, 9.17) is 11.6 Å². The van der Waals surface area contributed by atoms with Gasteiger partial charge in [0.15, 0.2) is 0 Å². The van der Waals surface area contributed by atoms with Crippen molar-refractivity contribution in [1.82, 2.24) is 9.47 Å². The number of benzene rings is 1. The number of hydrogen-bond donors (Lipinski definition) is 0. The van der Waals surface area contributed by atoms with Gasteiger partial charge in [-0.05, 0) is 43.0 Å². The summed E-state index contributed by atoms with van der Waals surface area (Å²) in [6.07, 6.45) is 8.84. The molecule has 1 saturated carbocycles. The Morgan fingerprint density at radius 2 is 1.92 bits per heavy atom. The van der Waals surface area contributed by atoms with Crippen LogP contribution in [0.5, 0.6) is 0 Å². The van der Waals surface area contributed by atoms with E-state index >= 15 is 0 Å². The second kappa shape index (κ2) is 9.27. The molecule has 0 radical (unpaired) electrons. The van der Waals surface area contributed by atoms with Gasteiger partial charge in [-0.3, -0.25) is 4.79 Å². The first-order valence-corrected chi connectivity index (χ1v) is 10.2. The Balaban J connectivity index is 1.72. The van der Waals surface area contributed by atoms with Gasteiger partial charge in [-0.15, -0.1) is 0 Å². The first-order valence-electron chi connectivity index (χ1n) is 9.85. The second-order valence-corrected chi connectivity index (χ2v) is 7.72. The molecule has 2 aromatic rings. The monoisotopic (exact) mass is 372 g/mol. The Morgan fingerprint density at radius 3 is 2.65 bits per heavy atom. The molecule has 140 valence electrons. The molecule has 1 amide bonds. The van der Waals surface area contributed by atoms with Gasteiger partial charge < -0.3 is 9.47 Å². The van der Waals surface area contributed by atoms with Crippen LogP contribution < -0.4 is 0 Å². The van der Waals surface area contributed by atoms with Crippen molar-refractivity contribution in [1.29, 1.82) is 0 Å². The molecule has 1 aromatic carbocycles. The van der Waals surface area contributed by atoms with E-state index in [0.717, 1.165) is 42.9 Å². The first-order chi connectivity index (χ1) is 12.7. The molecule has 4 heteroatoms. The average molecular weight is 373 g/mol. The number of hydrogen-bond acceptors (Lipinski definition) is 1. The van der Waals surface area contributed by atoms with Crippen molar-refractivity contribution >= 4 is 17.5 Å². The van der Waals surface area contributed by atoms with Crippen LogP contribution in [0.4, 0.5) is 0 Å². The highest BCUT2D eigenvalue weighted by Crippen LogP contribution is 2.26. The summed E-state index contributed by atoms with van der Waals surface area (Å²) in [6, 6.07) is 12.1. The van der Waals surface area contributed by atoms with Gasteiger partial charge in [0.25, 0.3) is 0 Å². The minimum absolute atomic E-state index is 0.224. The summed E-state index contributed by atoms with van der Waals surface area (Å²) in [5.74, 6) is 0.569. The summed E-state index contributed by atoms with van der Waals surface area (Å²) >= 11 is 6.32. The molecule has 1 fully saturated rings. The van der Waals surface area contributed by atoms with E-state index in [2.05, 4.69) is 40.8 Å². The molecule has 0 unspecified atom stereocenters. The zero-order valence-electron chi connectivity index (χ0n) is 15.7. The maximum Gasteiger partial charge on any atom is 0.226 e. The molecule has 1 aliphatic carbocycles. The molecular weight excluding hydrogens is 344 g/mol. The smallest absolute Gasteiger partial charge is 0.226 e. The topological polar surface area (TPSA) is 25.2 Å². The molecule has 26 heavy (non-hydrogen) atoms. The van der Waals surface area contributed by atoms with Gasteiger partial charge in [0, 0.05) is 35.9 Å². The standard InChI is InChI=1S/C22H29ClN2O/c1-2-14-25(22(26)18-9-4-3-5-10-18)17-20-12-8-15-24(20)16-19-11-6-7-13-21(19)23/h6-8,11-13,15,18H,2-5,9-10,14,16-17H2,1H3. The molecule has 3 nitrogen and oxygen atoms in total. The molecule has 3 rings (SSSR count). The van der Waals surface area contributed by atoms with Crippen LogP contribution in [-0.2, 0) is 17.9 Å². The summed E-state index contributed by atoms with van der Waals surface area (Å²) in [4.78, 5) is 15.1. The fourth-order valence-electron chi connectivity index (χ4n) is 3.90. The number of rotatable bonds is 7. The lowest BCUT2D eigenvalue weighted by atomic mass is 9.88. The summed E-state index contributed by atoms with van der Waals surface area (Å²) in [7, 11) is 0. The van der Waals surface area contributed by atoms with Crippen LogP contribution in [0, 0.1) is 5.92 Å². The van der Waals surface area contributed by atoms with Gasteiger partial charge in [0.05, 0.1) is 6.54 Å². The van der Waals surface area contributed by atoms with Crippen molar-refractivity contribution in [2.45, 2.75) is 58.5 Å². The third-order valence-corrected chi connectivity index (χ3v) is 5.70. The van der Waals surface area contributed by atoms with Crippen molar-refractivity contribution in [2.75, 3.05) is 6.54 Å². The van der Waals surface area contributed by atoms with E-state index in [1.54, 1.807) is 0 Å². The minimum atomic E-state index is 0.224. The van der Waals surface area contributed by atoms with E-state index < -0.39 is 0 Å². The minimum Gasteiger partial charge on any atom is -0.345 e. The molecule has 0 saturated heterocycles. The Labute approximate surface area is 162 Å². The maximum absolute atomic E-state index is 13.0. The highest BCUT2D eigenvalue weighted by molar-refractivity contribution is 6.31. The molecule has 1 heterocycles. The summed E-state index contributed by atoms with van der Waals surface area (Å²) in [6.45, 7) is 4.39. The number of amides is 1.